The third-order valence-corrected chi connectivity index (χ3v) is 7.38. The van der Waals surface area contributed by atoms with Gasteiger partial charge in [0.15, 0.2) is 23.2 Å². The molecule has 0 radical (unpaired) electrons. The lowest BCUT2D eigenvalue weighted by Crippen LogP contribution is -2.21. The summed E-state index contributed by atoms with van der Waals surface area (Å²) in [5.41, 5.74) is 2.58. The molecule has 0 aromatic heterocycles. The molecule has 37 heavy (non-hydrogen) atoms. The number of aryl methyl sites for hydroxylation is 1. The van der Waals surface area contributed by atoms with Gasteiger partial charge in [-0.3, -0.25) is 0 Å². The molecule has 0 aliphatic heterocycles. The maximum Gasteiger partial charge on any atom is 0.200 e. The van der Waals surface area contributed by atoms with Crippen LogP contribution in [0.1, 0.15) is 74.5 Å². The van der Waals surface area contributed by atoms with Crippen molar-refractivity contribution in [1.29, 1.82) is 0 Å². The Morgan fingerprint density at radius 3 is 2.16 bits per heavy atom. The largest absolute Gasteiger partial charge is 0.494 e. The fourth-order valence-corrected chi connectivity index (χ4v) is 5.12. The highest BCUT2D eigenvalue weighted by Gasteiger charge is 2.27. The van der Waals surface area contributed by atoms with Crippen molar-refractivity contribution >= 4 is 0 Å². The van der Waals surface area contributed by atoms with Gasteiger partial charge in [-0.1, -0.05) is 62.2 Å². The molecule has 198 valence electrons. The normalized spacial score (nSPS) is 17.7. The van der Waals surface area contributed by atoms with Crippen molar-refractivity contribution in [2.75, 3.05) is 7.11 Å². The molecule has 4 rings (SSSR count). The van der Waals surface area contributed by atoms with Crippen LogP contribution in [0.4, 0.5) is 17.6 Å². The molecule has 1 aliphatic rings. The number of methoxy groups -OCH3 is 1. The summed E-state index contributed by atoms with van der Waals surface area (Å²) in [6, 6.07) is 13.8. The van der Waals surface area contributed by atoms with Crippen LogP contribution in [-0.4, -0.2) is 13.2 Å². The maximum atomic E-state index is 14.9. The van der Waals surface area contributed by atoms with Crippen molar-refractivity contribution in [3.05, 3.63) is 88.5 Å². The minimum atomic E-state index is -0.970. The smallest absolute Gasteiger partial charge is 0.200 e. The monoisotopic (exact) mass is 514 g/mol. The van der Waals surface area contributed by atoms with E-state index in [1.54, 1.807) is 18.2 Å². The topological polar surface area (TPSA) is 18.5 Å². The van der Waals surface area contributed by atoms with E-state index in [9.17, 15) is 17.6 Å². The standard InChI is InChI=1S/C31H34F4O2/c1-3-4-5-6-20-7-9-21(10-8-20)25-16-13-23(28(32)29(25)33)19-37-24-14-11-22(12-15-24)26-17-18-27(36-2)31(35)30(26)34/h7-10,13,16-18,22,24H,3-6,11-12,14-15,19H2,1-2H3. The molecule has 3 aromatic carbocycles. The summed E-state index contributed by atoms with van der Waals surface area (Å²) < 4.78 is 69.1. The van der Waals surface area contributed by atoms with Crippen LogP contribution in [0.3, 0.4) is 0 Å². The zero-order valence-corrected chi connectivity index (χ0v) is 21.5. The van der Waals surface area contributed by atoms with Crippen LogP contribution in [0, 0.1) is 23.3 Å². The first-order valence-corrected chi connectivity index (χ1v) is 13.1. The molecule has 0 saturated heterocycles. The average molecular weight is 515 g/mol. The average Bonchev–Trinajstić information content (AvgIpc) is 2.92. The van der Waals surface area contributed by atoms with Crippen LogP contribution in [-0.2, 0) is 17.8 Å². The van der Waals surface area contributed by atoms with E-state index in [4.69, 9.17) is 9.47 Å². The zero-order chi connectivity index (χ0) is 26.4. The maximum absolute atomic E-state index is 14.9. The lowest BCUT2D eigenvalue weighted by Gasteiger charge is -2.29. The summed E-state index contributed by atoms with van der Waals surface area (Å²) in [7, 11) is 1.30. The molecule has 0 N–H and O–H groups in total. The highest BCUT2D eigenvalue weighted by atomic mass is 19.2. The van der Waals surface area contributed by atoms with Gasteiger partial charge >= 0.3 is 0 Å². The predicted molar refractivity (Wildman–Crippen MR) is 138 cm³/mol. The van der Waals surface area contributed by atoms with E-state index in [2.05, 4.69) is 6.92 Å². The lowest BCUT2D eigenvalue weighted by molar-refractivity contribution is 0.0116. The van der Waals surface area contributed by atoms with Crippen molar-refractivity contribution in [2.24, 2.45) is 0 Å². The molecule has 0 amide bonds. The van der Waals surface area contributed by atoms with E-state index in [0.29, 0.717) is 36.8 Å². The Hall–Kier alpha value is -2.86. The van der Waals surface area contributed by atoms with Gasteiger partial charge < -0.3 is 9.47 Å². The Labute approximate surface area is 216 Å². The highest BCUT2D eigenvalue weighted by molar-refractivity contribution is 5.65. The van der Waals surface area contributed by atoms with E-state index in [-0.39, 0.29) is 35.5 Å². The summed E-state index contributed by atoms with van der Waals surface area (Å²) in [5, 5.41) is 0. The molecule has 2 nitrogen and oxygen atoms in total. The molecule has 0 bridgehead atoms. The summed E-state index contributed by atoms with van der Waals surface area (Å²) in [6.07, 6.45) is 6.79. The summed E-state index contributed by atoms with van der Waals surface area (Å²) in [6.45, 7) is 2.12. The van der Waals surface area contributed by atoms with E-state index in [0.717, 1.165) is 19.3 Å². The van der Waals surface area contributed by atoms with Gasteiger partial charge in [-0.05, 0) is 67.2 Å². The summed E-state index contributed by atoms with van der Waals surface area (Å²) >= 11 is 0. The lowest BCUT2D eigenvalue weighted by atomic mass is 9.82. The quantitative estimate of drug-likeness (QED) is 0.199. The molecule has 3 aromatic rings. The van der Waals surface area contributed by atoms with Crippen molar-refractivity contribution < 1.29 is 27.0 Å². The number of hydrogen-bond donors (Lipinski definition) is 0. The fourth-order valence-electron chi connectivity index (χ4n) is 5.12. The van der Waals surface area contributed by atoms with Gasteiger partial charge in [0.2, 0.25) is 5.82 Å². The van der Waals surface area contributed by atoms with Gasteiger partial charge in [0.05, 0.1) is 19.8 Å². The third kappa shape index (κ3) is 6.35. The third-order valence-electron chi connectivity index (χ3n) is 7.38. The minimum absolute atomic E-state index is 0.0414. The molecule has 0 atom stereocenters. The Morgan fingerprint density at radius 1 is 0.757 bits per heavy atom. The molecule has 0 spiro atoms. The predicted octanol–water partition coefficient (Wildman–Crippen LogP) is 8.89. The Kier molecular flexibility index (Phi) is 9.25. The zero-order valence-electron chi connectivity index (χ0n) is 21.5. The second kappa shape index (κ2) is 12.6. The number of ether oxygens (including phenoxy) is 2. The highest BCUT2D eigenvalue weighted by Crippen LogP contribution is 2.38. The second-order valence-corrected chi connectivity index (χ2v) is 9.82. The van der Waals surface area contributed by atoms with Crippen LogP contribution >= 0.6 is 0 Å². The van der Waals surface area contributed by atoms with Crippen LogP contribution < -0.4 is 4.74 Å². The van der Waals surface area contributed by atoms with E-state index in [1.807, 2.05) is 24.3 Å². The number of benzene rings is 3. The minimum Gasteiger partial charge on any atom is -0.494 e. The van der Waals surface area contributed by atoms with Crippen molar-refractivity contribution in [3.8, 4) is 16.9 Å². The Balaban J connectivity index is 1.33. The first-order chi connectivity index (χ1) is 17.9. The number of hydrogen-bond acceptors (Lipinski definition) is 2. The van der Waals surface area contributed by atoms with Crippen molar-refractivity contribution in [1.82, 2.24) is 0 Å². The van der Waals surface area contributed by atoms with E-state index < -0.39 is 23.3 Å². The second-order valence-electron chi connectivity index (χ2n) is 9.82. The van der Waals surface area contributed by atoms with E-state index in [1.165, 1.54) is 25.2 Å². The van der Waals surface area contributed by atoms with E-state index >= 15 is 0 Å². The van der Waals surface area contributed by atoms with Gasteiger partial charge in [0.25, 0.3) is 0 Å². The van der Waals surface area contributed by atoms with Gasteiger partial charge in [0.1, 0.15) is 0 Å². The molecule has 0 heterocycles. The Bertz CT molecular complexity index is 1180. The molecule has 6 heteroatoms. The number of unbranched alkanes of at least 4 members (excludes halogenated alkanes) is 2. The summed E-state index contributed by atoms with van der Waals surface area (Å²) in [4.78, 5) is 0. The van der Waals surface area contributed by atoms with Gasteiger partial charge in [-0.25, -0.2) is 13.2 Å². The molecular formula is C31H34F4O2. The first kappa shape index (κ1) is 27.2. The van der Waals surface area contributed by atoms with Crippen LogP contribution in [0.5, 0.6) is 5.75 Å². The van der Waals surface area contributed by atoms with Crippen LogP contribution in [0.15, 0.2) is 48.5 Å². The molecule has 0 unspecified atom stereocenters. The van der Waals surface area contributed by atoms with Gasteiger partial charge in [0, 0.05) is 11.1 Å². The molecular weight excluding hydrogens is 480 g/mol. The molecule has 1 saturated carbocycles. The number of halogens is 4. The van der Waals surface area contributed by atoms with Crippen LogP contribution in [0.2, 0.25) is 0 Å². The first-order valence-electron chi connectivity index (χ1n) is 13.1. The van der Waals surface area contributed by atoms with Crippen molar-refractivity contribution in [2.45, 2.75) is 76.9 Å². The molecule has 1 fully saturated rings. The SMILES string of the molecule is CCCCCc1ccc(-c2ccc(COC3CCC(c4ccc(OC)c(F)c4F)CC3)c(F)c2F)cc1. The molecule has 1 aliphatic carbocycles. The van der Waals surface area contributed by atoms with Gasteiger partial charge in [-0.15, -0.1) is 0 Å². The van der Waals surface area contributed by atoms with Crippen LogP contribution in [0.25, 0.3) is 11.1 Å². The van der Waals surface area contributed by atoms with Crippen molar-refractivity contribution in [3.63, 3.8) is 0 Å². The van der Waals surface area contributed by atoms with Gasteiger partial charge in [-0.2, -0.15) is 4.39 Å². The number of rotatable bonds is 10. The summed E-state index contributed by atoms with van der Waals surface area (Å²) in [5.74, 6) is -3.84. The Morgan fingerprint density at radius 2 is 1.49 bits per heavy atom. The fraction of sp³-hybridized carbons (Fsp3) is 0.419.